The fourth-order valence-corrected chi connectivity index (χ4v) is 6.28. The molecule has 3 aromatic rings. The van der Waals surface area contributed by atoms with E-state index < -0.39 is 13.0 Å². The summed E-state index contributed by atoms with van der Waals surface area (Å²) in [6.45, 7) is 1.94. The van der Waals surface area contributed by atoms with Crippen LogP contribution in [0.1, 0.15) is 22.3 Å². The van der Waals surface area contributed by atoms with Crippen LogP contribution in [0.2, 0.25) is 0 Å². The van der Waals surface area contributed by atoms with Crippen LogP contribution in [0.15, 0.2) is 78.9 Å². The minimum Gasteiger partial charge on any atom is -0.481 e. The third kappa shape index (κ3) is 2.79. The number of ketones is 1. The third-order valence-corrected chi connectivity index (χ3v) is 7.97. The van der Waals surface area contributed by atoms with Crippen LogP contribution in [0.25, 0.3) is 0 Å². The van der Waals surface area contributed by atoms with Crippen molar-refractivity contribution >= 4 is 23.5 Å². The Morgan fingerprint density at radius 2 is 1.46 bits per heavy atom. The van der Waals surface area contributed by atoms with Gasteiger partial charge >= 0.3 is 0 Å². The first-order valence-corrected chi connectivity index (χ1v) is 10.4. The molecule has 0 aliphatic carbocycles. The van der Waals surface area contributed by atoms with Crippen molar-refractivity contribution < 1.29 is 14.1 Å². The Morgan fingerprint density at radius 1 is 0.885 bits per heavy atom. The van der Waals surface area contributed by atoms with E-state index in [-0.39, 0.29) is 12.2 Å². The number of carbonyl (C=O) groups excluding carboxylic acids is 1. The molecule has 0 saturated heterocycles. The van der Waals surface area contributed by atoms with Crippen molar-refractivity contribution in [3.05, 3.63) is 90.0 Å². The molecule has 3 nitrogen and oxygen atoms in total. The van der Waals surface area contributed by atoms with Crippen molar-refractivity contribution in [2.75, 3.05) is 0 Å². The van der Waals surface area contributed by atoms with Crippen LogP contribution in [-0.2, 0) is 4.57 Å². The van der Waals surface area contributed by atoms with Crippen molar-refractivity contribution in [2.45, 2.75) is 19.2 Å². The molecule has 0 N–H and O–H groups in total. The normalized spacial score (nSPS) is 16.7. The highest BCUT2D eigenvalue weighted by atomic mass is 31.2. The predicted molar refractivity (Wildman–Crippen MR) is 104 cm³/mol. The van der Waals surface area contributed by atoms with Gasteiger partial charge in [-0.15, -0.1) is 0 Å². The molecule has 1 aliphatic rings. The van der Waals surface area contributed by atoms with Crippen molar-refractivity contribution in [3.8, 4) is 5.75 Å². The fraction of sp³-hybridized carbons (Fsp3) is 0.136. The standard InChI is InChI=1S/C22H19O3P/c1-16-12-13-21-19(14-16)20(23)15-22(25-21)26(24,17-8-4-2-5-9-17)18-10-6-3-7-11-18/h2-14,22H,15H2,1H3. The molecule has 3 aromatic carbocycles. The van der Waals surface area contributed by atoms with Crippen molar-refractivity contribution in [2.24, 2.45) is 0 Å². The predicted octanol–water partition coefficient (Wildman–Crippen LogP) is 4.30. The van der Waals surface area contributed by atoms with Gasteiger partial charge in [-0.25, -0.2) is 0 Å². The van der Waals surface area contributed by atoms with E-state index in [0.717, 1.165) is 5.56 Å². The zero-order chi connectivity index (χ0) is 18.1. The highest BCUT2D eigenvalue weighted by molar-refractivity contribution is 7.79. The molecule has 1 aliphatic heterocycles. The molecule has 1 atom stereocenters. The number of rotatable bonds is 3. The van der Waals surface area contributed by atoms with Crippen LogP contribution >= 0.6 is 7.14 Å². The average molecular weight is 362 g/mol. The van der Waals surface area contributed by atoms with Crippen LogP contribution in [0, 0.1) is 6.92 Å². The maximum atomic E-state index is 14.3. The lowest BCUT2D eigenvalue weighted by molar-refractivity contribution is 0.0911. The van der Waals surface area contributed by atoms with E-state index in [1.165, 1.54) is 0 Å². The first kappa shape index (κ1) is 16.8. The van der Waals surface area contributed by atoms with Gasteiger partial charge in [0.1, 0.15) is 5.75 Å². The lowest BCUT2D eigenvalue weighted by Crippen LogP contribution is -2.34. The first-order valence-electron chi connectivity index (χ1n) is 8.60. The summed E-state index contributed by atoms with van der Waals surface area (Å²) in [5, 5.41) is 1.42. The zero-order valence-electron chi connectivity index (χ0n) is 14.5. The Labute approximate surface area is 153 Å². The maximum Gasteiger partial charge on any atom is 0.182 e. The monoisotopic (exact) mass is 362 g/mol. The molecule has 26 heavy (non-hydrogen) atoms. The molecule has 4 rings (SSSR count). The SMILES string of the molecule is Cc1ccc2c(c1)C(=O)CC(P(=O)(c1ccccc1)c1ccccc1)O2. The Hall–Kier alpha value is -2.64. The summed E-state index contributed by atoms with van der Waals surface area (Å²) in [6.07, 6.45) is 0.109. The van der Waals surface area contributed by atoms with E-state index in [0.29, 0.717) is 21.9 Å². The van der Waals surface area contributed by atoms with Crippen molar-refractivity contribution in [1.82, 2.24) is 0 Å². The lowest BCUT2D eigenvalue weighted by atomic mass is 10.0. The molecule has 0 bridgehead atoms. The maximum absolute atomic E-state index is 14.3. The molecular formula is C22H19O3P. The second kappa shape index (κ2) is 6.59. The summed E-state index contributed by atoms with van der Waals surface area (Å²) in [6, 6.07) is 24.2. The molecular weight excluding hydrogens is 343 g/mol. The van der Waals surface area contributed by atoms with Gasteiger partial charge in [-0.3, -0.25) is 4.79 Å². The van der Waals surface area contributed by atoms with Crippen LogP contribution < -0.4 is 15.3 Å². The quantitative estimate of drug-likeness (QED) is 0.653. The molecule has 0 radical (unpaired) electrons. The van der Waals surface area contributed by atoms with Crippen molar-refractivity contribution in [1.29, 1.82) is 0 Å². The largest absolute Gasteiger partial charge is 0.481 e. The van der Waals surface area contributed by atoms with Gasteiger partial charge in [0.25, 0.3) is 0 Å². The molecule has 0 amide bonds. The van der Waals surface area contributed by atoms with Gasteiger partial charge in [0, 0.05) is 10.6 Å². The van der Waals surface area contributed by atoms with Gasteiger partial charge < -0.3 is 9.30 Å². The van der Waals surface area contributed by atoms with E-state index >= 15 is 0 Å². The highest BCUT2D eigenvalue weighted by Gasteiger charge is 2.42. The van der Waals surface area contributed by atoms with E-state index in [2.05, 4.69) is 0 Å². The van der Waals surface area contributed by atoms with Gasteiger partial charge in [0.15, 0.2) is 18.8 Å². The Bertz CT molecular complexity index is 953. The summed E-state index contributed by atoms with van der Waals surface area (Å²) in [5.74, 6) is -0.203. The summed E-state index contributed by atoms with van der Waals surface area (Å²) in [7, 11) is -3.15. The van der Waals surface area contributed by atoms with Crippen molar-refractivity contribution in [3.63, 3.8) is 0 Å². The number of benzene rings is 3. The van der Waals surface area contributed by atoms with E-state index in [9.17, 15) is 9.36 Å². The second-order valence-electron chi connectivity index (χ2n) is 6.53. The summed E-state index contributed by atoms with van der Waals surface area (Å²) < 4.78 is 20.5. The van der Waals surface area contributed by atoms with E-state index in [1.54, 1.807) is 6.07 Å². The average Bonchev–Trinajstić information content (AvgIpc) is 2.69. The molecule has 0 aromatic heterocycles. The molecule has 4 heteroatoms. The van der Waals surface area contributed by atoms with E-state index in [4.69, 9.17) is 4.74 Å². The van der Waals surface area contributed by atoms with Gasteiger partial charge in [0.2, 0.25) is 0 Å². The number of Topliss-reactive ketones (excluding diaryl/α,β-unsaturated/α-hetero) is 1. The number of hydrogen-bond donors (Lipinski definition) is 0. The third-order valence-electron chi connectivity index (χ3n) is 4.74. The Morgan fingerprint density at radius 3 is 2.04 bits per heavy atom. The van der Waals surface area contributed by atoms with Gasteiger partial charge in [-0.05, 0) is 19.1 Å². The van der Waals surface area contributed by atoms with Crippen LogP contribution in [0.4, 0.5) is 0 Å². The second-order valence-corrected chi connectivity index (χ2v) is 9.45. The minimum absolute atomic E-state index is 0.0213. The van der Waals surface area contributed by atoms with Gasteiger partial charge in [-0.2, -0.15) is 0 Å². The van der Waals surface area contributed by atoms with Crippen LogP contribution in [-0.4, -0.2) is 11.6 Å². The number of ether oxygens (including phenoxy) is 1. The molecule has 0 spiro atoms. The highest BCUT2D eigenvalue weighted by Crippen LogP contribution is 2.52. The summed E-state index contributed by atoms with van der Waals surface area (Å²) in [5.41, 5.74) is 1.59. The number of carbonyl (C=O) groups is 1. The fourth-order valence-electron chi connectivity index (χ4n) is 3.40. The number of hydrogen-bond acceptors (Lipinski definition) is 3. The zero-order valence-corrected chi connectivity index (χ0v) is 15.4. The lowest BCUT2D eigenvalue weighted by Gasteiger charge is -2.32. The first-order chi connectivity index (χ1) is 12.6. The molecule has 0 saturated carbocycles. The molecule has 1 unspecified atom stereocenters. The Kier molecular flexibility index (Phi) is 4.26. The number of fused-ring (bicyclic) bond motifs is 1. The molecule has 1 heterocycles. The molecule has 0 fully saturated rings. The van der Waals surface area contributed by atoms with Gasteiger partial charge in [0.05, 0.1) is 12.0 Å². The summed E-state index contributed by atoms with van der Waals surface area (Å²) in [4.78, 5) is 12.8. The smallest absolute Gasteiger partial charge is 0.182 e. The Balaban J connectivity index is 1.85. The minimum atomic E-state index is -3.15. The summed E-state index contributed by atoms with van der Waals surface area (Å²) >= 11 is 0. The van der Waals surface area contributed by atoms with Crippen LogP contribution in [0.5, 0.6) is 5.75 Å². The number of aryl methyl sites for hydroxylation is 1. The molecule has 130 valence electrons. The van der Waals surface area contributed by atoms with Crippen LogP contribution in [0.3, 0.4) is 0 Å². The van der Waals surface area contributed by atoms with E-state index in [1.807, 2.05) is 79.7 Å². The topological polar surface area (TPSA) is 43.4 Å². The van der Waals surface area contributed by atoms with Gasteiger partial charge in [-0.1, -0.05) is 72.3 Å².